The highest BCUT2D eigenvalue weighted by Crippen LogP contribution is 2.39. The number of ether oxygens (including phenoxy) is 5. The van der Waals surface area contributed by atoms with Gasteiger partial charge in [0.25, 0.3) is 0 Å². The van der Waals surface area contributed by atoms with Crippen LogP contribution in [0.4, 0.5) is 0 Å². The Morgan fingerprint density at radius 2 is 1.55 bits per heavy atom. The maximum absolute atomic E-state index is 5.50. The molecule has 0 atom stereocenters. The molecule has 0 saturated heterocycles. The van der Waals surface area contributed by atoms with E-state index in [1.165, 1.54) is 0 Å². The third-order valence-corrected chi connectivity index (χ3v) is 3.12. The summed E-state index contributed by atoms with van der Waals surface area (Å²) in [5.41, 5.74) is 0.979. The van der Waals surface area contributed by atoms with Gasteiger partial charge in [0.15, 0.2) is 17.8 Å². The lowest BCUT2D eigenvalue weighted by molar-refractivity contribution is -0.133. The van der Waals surface area contributed by atoms with Crippen molar-refractivity contribution in [3.63, 3.8) is 0 Å². The number of benzene rings is 1. The van der Waals surface area contributed by atoms with Gasteiger partial charge in [0.2, 0.25) is 5.75 Å². The molecule has 0 saturated carbocycles. The van der Waals surface area contributed by atoms with E-state index in [2.05, 4.69) is 5.32 Å². The molecule has 0 fully saturated rings. The summed E-state index contributed by atoms with van der Waals surface area (Å²) in [7, 11) is 4.81. The van der Waals surface area contributed by atoms with E-state index in [-0.39, 0.29) is 6.29 Å². The molecule has 0 heterocycles. The van der Waals surface area contributed by atoms with E-state index in [4.69, 9.17) is 23.7 Å². The molecule has 0 bridgehead atoms. The molecule has 0 amide bonds. The molecule has 126 valence electrons. The standard InChI is InChI=1S/C16H27NO5/c1-6-21-14(22-7-2)11-17-10-12-8-9-13(18-3)16(20-5)15(12)19-4/h8-9,14,17H,6-7,10-11H2,1-5H3. The minimum absolute atomic E-state index is 0.249. The first-order chi connectivity index (χ1) is 10.7. The van der Waals surface area contributed by atoms with Gasteiger partial charge in [-0.25, -0.2) is 0 Å². The molecular weight excluding hydrogens is 286 g/mol. The Kier molecular flexibility index (Phi) is 8.65. The van der Waals surface area contributed by atoms with E-state index in [1.807, 2.05) is 26.0 Å². The lowest BCUT2D eigenvalue weighted by Gasteiger charge is -2.19. The Morgan fingerprint density at radius 3 is 2.05 bits per heavy atom. The van der Waals surface area contributed by atoms with Gasteiger partial charge in [-0.05, 0) is 19.9 Å². The van der Waals surface area contributed by atoms with E-state index in [1.54, 1.807) is 21.3 Å². The molecule has 0 aromatic heterocycles. The highest BCUT2D eigenvalue weighted by atomic mass is 16.7. The van der Waals surface area contributed by atoms with E-state index >= 15 is 0 Å². The summed E-state index contributed by atoms with van der Waals surface area (Å²) in [6.45, 7) is 6.34. The predicted octanol–water partition coefficient (Wildman–Crippen LogP) is 2.20. The third kappa shape index (κ3) is 5.05. The summed E-state index contributed by atoms with van der Waals surface area (Å²) in [6, 6.07) is 3.81. The Bertz CT molecular complexity index is 433. The highest BCUT2D eigenvalue weighted by Gasteiger charge is 2.16. The van der Waals surface area contributed by atoms with E-state index < -0.39 is 0 Å². The molecule has 6 heteroatoms. The average molecular weight is 313 g/mol. The molecule has 0 aliphatic rings. The van der Waals surface area contributed by atoms with Crippen molar-refractivity contribution in [2.75, 3.05) is 41.1 Å². The largest absolute Gasteiger partial charge is 0.493 e. The van der Waals surface area contributed by atoms with Crippen LogP contribution in [0, 0.1) is 0 Å². The van der Waals surface area contributed by atoms with Crippen molar-refractivity contribution < 1.29 is 23.7 Å². The predicted molar refractivity (Wildman–Crippen MR) is 84.8 cm³/mol. The summed E-state index contributed by atoms with van der Waals surface area (Å²) in [6.07, 6.45) is -0.249. The van der Waals surface area contributed by atoms with Crippen molar-refractivity contribution in [1.82, 2.24) is 5.32 Å². The van der Waals surface area contributed by atoms with Crippen LogP contribution in [0.25, 0.3) is 0 Å². The summed E-state index contributed by atoms with van der Waals surface area (Å²) >= 11 is 0. The van der Waals surface area contributed by atoms with Gasteiger partial charge in [0.1, 0.15) is 0 Å². The Balaban J connectivity index is 2.72. The molecule has 0 radical (unpaired) electrons. The normalized spacial score (nSPS) is 10.8. The van der Waals surface area contributed by atoms with Gasteiger partial charge < -0.3 is 29.0 Å². The number of nitrogens with one attached hydrogen (secondary N) is 1. The molecule has 1 aromatic rings. The van der Waals surface area contributed by atoms with E-state index in [9.17, 15) is 0 Å². The summed E-state index contributed by atoms with van der Waals surface area (Å²) in [4.78, 5) is 0. The Hall–Kier alpha value is -1.50. The van der Waals surface area contributed by atoms with Gasteiger partial charge in [0, 0.05) is 31.9 Å². The molecule has 1 rings (SSSR count). The zero-order valence-electron chi connectivity index (χ0n) is 14.1. The highest BCUT2D eigenvalue weighted by molar-refractivity contribution is 5.55. The molecular formula is C16H27NO5. The van der Waals surface area contributed by atoms with Crippen LogP contribution in [0.5, 0.6) is 17.2 Å². The topological polar surface area (TPSA) is 58.2 Å². The molecule has 6 nitrogen and oxygen atoms in total. The minimum atomic E-state index is -0.249. The van der Waals surface area contributed by atoms with Crippen LogP contribution in [-0.2, 0) is 16.0 Å². The van der Waals surface area contributed by atoms with Crippen molar-refractivity contribution in [3.8, 4) is 17.2 Å². The summed E-state index contributed by atoms with van der Waals surface area (Å²) in [5, 5.41) is 3.31. The van der Waals surface area contributed by atoms with Crippen LogP contribution < -0.4 is 19.5 Å². The third-order valence-electron chi connectivity index (χ3n) is 3.12. The van der Waals surface area contributed by atoms with Crippen molar-refractivity contribution in [2.24, 2.45) is 0 Å². The molecule has 1 N–H and O–H groups in total. The van der Waals surface area contributed by atoms with Crippen molar-refractivity contribution in [3.05, 3.63) is 17.7 Å². The van der Waals surface area contributed by atoms with Gasteiger partial charge in [-0.3, -0.25) is 0 Å². The fourth-order valence-electron chi connectivity index (χ4n) is 2.16. The van der Waals surface area contributed by atoms with Gasteiger partial charge in [0.05, 0.1) is 21.3 Å². The van der Waals surface area contributed by atoms with Crippen LogP contribution in [0.15, 0.2) is 12.1 Å². The SMILES string of the molecule is CCOC(CNCc1ccc(OC)c(OC)c1OC)OCC. The van der Waals surface area contributed by atoms with Crippen LogP contribution in [0.3, 0.4) is 0 Å². The lowest BCUT2D eigenvalue weighted by Crippen LogP contribution is -2.31. The Labute approximate surface area is 132 Å². The van der Waals surface area contributed by atoms with Crippen LogP contribution in [0.2, 0.25) is 0 Å². The fourth-order valence-corrected chi connectivity index (χ4v) is 2.16. The number of methoxy groups -OCH3 is 3. The van der Waals surface area contributed by atoms with Crippen LogP contribution in [0.1, 0.15) is 19.4 Å². The second-order valence-electron chi connectivity index (χ2n) is 4.46. The summed E-state index contributed by atoms with van der Waals surface area (Å²) < 4.78 is 27.1. The molecule has 0 aliphatic heterocycles. The van der Waals surface area contributed by atoms with Crippen molar-refractivity contribution >= 4 is 0 Å². The monoisotopic (exact) mass is 313 g/mol. The van der Waals surface area contributed by atoms with Crippen molar-refractivity contribution in [1.29, 1.82) is 0 Å². The van der Waals surface area contributed by atoms with Gasteiger partial charge in [-0.15, -0.1) is 0 Å². The first kappa shape index (κ1) is 18.5. The smallest absolute Gasteiger partial charge is 0.203 e. The second-order valence-corrected chi connectivity index (χ2v) is 4.46. The van der Waals surface area contributed by atoms with E-state index in [0.29, 0.717) is 43.6 Å². The van der Waals surface area contributed by atoms with E-state index in [0.717, 1.165) is 5.56 Å². The zero-order chi connectivity index (χ0) is 16.4. The molecule has 0 spiro atoms. The maximum Gasteiger partial charge on any atom is 0.203 e. The number of hydrogen-bond donors (Lipinski definition) is 1. The average Bonchev–Trinajstić information content (AvgIpc) is 2.54. The molecule has 1 aromatic carbocycles. The maximum atomic E-state index is 5.50. The van der Waals surface area contributed by atoms with Gasteiger partial charge >= 0.3 is 0 Å². The molecule has 22 heavy (non-hydrogen) atoms. The van der Waals surface area contributed by atoms with Crippen LogP contribution in [-0.4, -0.2) is 47.4 Å². The minimum Gasteiger partial charge on any atom is -0.493 e. The quantitative estimate of drug-likeness (QED) is 0.632. The first-order valence-corrected chi connectivity index (χ1v) is 7.43. The first-order valence-electron chi connectivity index (χ1n) is 7.43. The molecule has 0 unspecified atom stereocenters. The zero-order valence-corrected chi connectivity index (χ0v) is 14.1. The van der Waals surface area contributed by atoms with Gasteiger partial charge in [-0.1, -0.05) is 6.07 Å². The van der Waals surface area contributed by atoms with Gasteiger partial charge in [-0.2, -0.15) is 0 Å². The fraction of sp³-hybridized carbons (Fsp3) is 0.625. The number of hydrogen-bond acceptors (Lipinski definition) is 6. The second kappa shape index (κ2) is 10.3. The number of rotatable bonds is 11. The van der Waals surface area contributed by atoms with Crippen molar-refractivity contribution in [2.45, 2.75) is 26.7 Å². The lowest BCUT2D eigenvalue weighted by atomic mass is 10.1. The van der Waals surface area contributed by atoms with Crippen LogP contribution >= 0.6 is 0 Å². The summed E-state index contributed by atoms with van der Waals surface area (Å²) in [5.74, 6) is 1.90. The Morgan fingerprint density at radius 1 is 0.909 bits per heavy atom. The molecule has 0 aliphatic carbocycles.